The number of fused-ring (bicyclic) bond motifs is 1. The van der Waals surface area contributed by atoms with Crippen molar-refractivity contribution in [2.75, 3.05) is 64.5 Å². The van der Waals surface area contributed by atoms with Gasteiger partial charge in [-0.25, -0.2) is 13.4 Å². The van der Waals surface area contributed by atoms with Gasteiger partial charge in [-0.1, -0.05) is 30.4 Å². The monoisotopic (exact) mass is 586 g/mol. The zero-order chi connectivity index (χ0) is 28.1. The van der Waals surface area contributed by atoms with Crippen molar-refractivity contribution in [3.05, 3.63) is 48.0 Å². The number of ether oxygens (including phenoxy) is 2. The number of para-hydroxylation sites is 1. The van der Waals surface area contributed by atoms with E-state index in [1.165, 1.54) is 9.87 Å². The van der Waals surface area contributed by atoms with Gasteiger partial charge in [0.15, 0.2) is 5.13 Å². The predicted octanol–water partition coefficient (Wildman–Crippen LogP) is 4.02. The first-order valence-electron chi connectivity index (χ1n) is 14.0. The number of benzene rings is 2. The van der Waals surface area contributed by atoms with Crippen molar-refractivity contribution in [1.82, 2.24) is 14.2 Å². The standard InChI is InChI=1S/C29H38N4O5S2/c1-3-22-6-4-7-26-27(22)30-29(39-26)33(15-5-14-31-18-20-38-21-19-31)28(34)23-12-16-32(17-13-23)40(35,36)25-10-8-24(37-2)9-11-25/h4,6-11,23H,3,5,12-21H2,1-2H3. The average molecular weight is 587 g/mol. The molecule has 0 aliphatic carbocycles. The van der Waals surface area contributed by atoms with Crippen molar-refractivity contribution < 1.29 is 22.7 Å². The molecule has 0 radical (unpaired) electrons. The fourth-order valence-electron chi connectivity index (χ4n) is 5.43. The Balaban J connectivity index is 1.30. The first-order valence-corrected chi connectivity index (χ1v) is 16.3. The van der Waals surface area contributed by atoms with Crippen LogP contribution in [0.15, 0.2) is 47.4 Å². The number of piperidine rings is 1. The molecule has 2 fully saturated rings. The van der Waals surface area contributed by atoms with Crippen LogP contribution >= 0.6 is 11.3 Å². The summed E-state index contributed by atoms with van der Waals surface area (Å²) >= 11 is 1.56. The van der Waals surface area contributed by atoms with Gasteiger partial charge in [0.2, 0.25) is 15.9 Å². The Morgan fingerprint density at radius 2 is 1.82 bits per heavy atom. The molecule has 40 heavy (non-hydrogen) atoms. The number of amides is 1. The fraction of sp³-hybridized carbons (Fsp3) is 0.517. The first-order chi connectivity index (χ1) is 19.4. The summed E-state index contributed by atoms with van der Waals surface area (Å²) in [7, 11) is -2.08. The number of aromatic nitrogens is 1. The Bertz CT molecular complexity index is 1400. The van der Waals surface area contributed by atoms with Crippen LogP contribution in [-0.2, 0) is 26.0 Å². The van der Waals surface area contributed by atoms with Crippen LogP contribution in [0.1, 0.15) is 31.7 Å². The highest BCUT2D eigenvalue weighted by atomic mass is 32.2. The van der Waals surface area contributed by atoms with E-state index >= 15 is 0 Å². The lowest BCUT2D eigenvalue weighted by molar-refractivity contribution is -0.123. The molecule has 9 nitrogen and oxygen atoms in total. The number of thiazole rings is 1. The summed E-state index contributed by atoms with van der Waals surface area (Å²) < 4.78 is 39.7. The summed E-state index contributed by atoms with van der Waals surface area (Å²) in [6.07, 6.45) is 2.69. The van der Waals surface area contributed by atoms with Crippen molar-refractivity contribution in [1.29, 1.82) is 0 Å². The van der Waals surface area contributed by atoms with Crippen LogP contribution in [0.2, 0.25) is 0 Å². The number of anilines is 1. The Morgan fingerprint density at radius 3 is 2.50 bits per heavy atom. The quantitative estimate of drug-likeness (QED) is 0.354. The van der Waals surface area contributed by atoms with Crippen LogP contribution in [0, 0.1) is 5.92 Å². The molecule has 0 saturated carbocycles. The second-order valence-electron chi connectivity index (χ2n) is 10.3. The molecular formula is C29H38N4O5S2. The number of hydrogen-bond acceptors (Lipinski definition) is 8. The van der Waals surface area contributed by atoms with Gasteiger partial charge < -0.3 is 9.47 Å². The summed E-state index contributed by atoms with van der Waals surface area (Å²) in [4.78, 5) is 23.4. The number of carbonyl (C=O) groups excluding carboxylic acids is 1. The SMILES string of the molecule is CCc1cccc2sc(N(CCCN3CCOCC3)C(=O)C3CCN(S(=O)(=O)c4ccc(OC)cc4)CC3)nc12. The van der Waals surface area contributed by atoms with Gasteiger partial charge >= 0.3 is 0 Å². The molecule has 2 aliphatic heterocycles. The lowest BCUT2D eigenvalue weighted by Crippen LogP contribution is -2.45. The molecule has 2 aromatic carbocycles. The van der Waals surface area contributed by atoms with Crippen LogP contribution in [-0.4, -0.2) is 88.1 Å². The van der Waals surface area contributed by atoms with Gasteiger partial charge in [0.25, 0.3) is 0 Å². The Morgan fingerprint density at radius 1 is 1.10 bits per heavy atom. The van der Waals surface area contributed by atoms with Crippen molar-refractivity contribution in [2.24, 2.45) is 5.92 Å². The molecule has 3 aromatic rings. The highest BCUT2D eigenvalue weighted by molar-refractivity contribution is 7.89. The molecule has 1 aromatic heterocycles. The number of methoxy groups -OCH3 is 1. The third-order valence-corrected chi connectivity index (χ3v) is 10.8. The Kier molecular flexibility index (Phi) is 9.37. The molecule has 3 heterocycles. The largest absolute Gasteiger partial charge is 0.497 e. The number of hydrogen-bond donors (Lipinski definition) is 0. The summed E-state index contributed by atoms with van der Waals surface area (Å²) in [5.41, 5.74) is 2.15. The fourth-order valence-corrected chi connectivity index (χ4v) is 7.95. The normalized spacial score (nSPS) is 17.8. The maximum atomic E-state index is 14.0. The summed E-state index contributed by atoms with van der Waals surface area (Å²) in [5.74, 6) is 0.404. The summed E-state index contributed by atoms with van der Waals surface area (Å²) in [6, 6.07) is 12.6. The second-order valence-corrected chi connectivity index (χ2v) is 13.2. The number of carbonyl (C=O) groups is 1. The Labute approximate surface area is 240 Å². The van der Waals surface area contributed by atoms with Crippen molar-refractivity contribution in [2.45, 2.75) is 37.5 Å². The van der Waals surface area contributed by atoms with E-state index in [2.05, 4.69) is 24.0 Å². The maximum absolute atomic E-state index is 14.0. The molecule has 5 rings (SSSR count). The van der Waals surface area contributed by atoms with Crippen LogP contribution in [0.4, 0.5) is 5.13 Å². The third kappa shape index (κ3) is 6.33. The van der Waals surface area contributed by atoms with E-state index < -0.39 is 10.0 Å². The maximum Gasteiger partial charge on any atom is 0.243 e. The van der Waals surface area contributed by atoms with E-state index in [0.29, 0.717) is 38.2 Å². The highest BCUT2D eigenvalue weighted by Gasteiger charge is 2.35. The predicted molar refractivity (Wildman–Crippen MR) is 158 cm³/mol. The lowest BCUT2D eigenvalue weighted by Gasteiger charge is -2.33. The highest BCUT2D eigenvalue weighted by Crippen LogP contribution is 2.34. The molecule has 0 bridgehead atoms. The molecule has 2 saturated heterocycles. The minimum absolute atomic E-state index is 0.0422. The zero-order valence-corrected chi connectivity index (χ0v) is 24.9. The lowest BCUT2D eigenvalue weighted by atomic mass is 9.96. The number of rotatable bonds is 10. The van der Waals surface area contributed by atoms with E-state index in [1.54, 1.807) is 42.7 Å². The van der Waals surface area contributed by atoms with E-state index in [1.807, 2.05) is 11.0 Å². The molecule has 0 spiro atoms. The van der Waals surface area contributed by atoms with Gasteiger partial charge in [-0.15, -0.1) is 0 Å². The zero-order valence-electron chi connectivity index (χ0n) is 23.3. The second kappa shape index (κ2) is 12.9. The topological polar surface area (TPSA) is 92.3 Å². The summed E-state index contributed by atoms with van der Waals surface area (Å²) in [6.45, 7) is 7.55. The molecule has 11 heteroatoms. The molecular weight excluding hydrogens is 548 g/mol. The van der Waals surface area contributed by atoms with Gasteiger partial charge in [-0.3, -0.25) is 14.6 Å². The average Bonchev–Trinajstić information content (AvgIpc) is 3.44. The van der Waals surface area contributed by atoms with Gasteiger partial charge in [0, 0.05) is 45.2 Å². The number of nitrogens with zero attached hydrogens (tertiary/aromatic N) is 4. The van der Waals surface area contributed by atoms with Crippen LogP contribution in [0.5, 0.6) is 5.75 Å². The first kappa shape index (κ1) is 28.9. The van der Waals surface area contributed by atoms with Crippen LogP contribution < -0.4 is 9.64 Å². The van der Waals surface area contributed by atoms with Gasteiger partial charge in [0.05, 0.1) is 35.4 Å². The van der Waals surface area contributed by atoms with E-state index in [9.17, 15) is 13.2 Å². The minimum Gasteiger partial charge on any atom is -0.497 e. The van der Waals surface area contributed by atoms with Crippen LogP contribution in [0.25, 0.3) is 10.2 Å². The third-order valence-electron chi connectivity index (χ3n) is 7.83. The molecule has 0 atom stereocenters. The molecule has 216 valence electrons. The van der Waals surface area contributed by atoms with E-state index in [-0.39, 0.29) is 16.7 Å². The Hall–Kier alpha value is -2.57. The minimum atomic E-state index is -3.63. The van der Waals surface area contributed by atoms with Gasteiger partial charge in [-0.2, -0.15) is 4.31 Å². The van der Waals surface area contributed by atoms with Crippen molar-refractivity contribution in [3.8, 4) is 5.75 Å². The number of morpholine rings is 1. The molecule has 0 N–H and O–H groups in total. The van der Waals surface area contributed by atoms with E-state index in [4.69, 9.17) is 14.5 Å². The van der Waals surface area contributed by atoms with E-state index in [0.717, 1.165) is 61.0 Å². The summed E-state index contributed by atoms with van der Waals surface area (Å²) in [5, 5.41) is 0.733. The van der Waals surface area contributed by atoms with Crippen molar-refractivity contribution in [3.63, 3.8) is 0 Å². The number of sulfonamides is 1. The van der Waals surface area contributed by atoms with Crippen molar-refractivity contribution >= 4 is 42.6 Å². The molecule has 0 unspecified atom stereocenters. The molecule has 2 aliphatic rings. The number of aryl methyl sites for hydroxylation is 1. The smallest absolute Gasteiger partial charge is 0.243 e. The molecule has 1 amide bonds. The van der Waals surface area contributed by atoms with Crippen LogP contribution in [0.3, 0.4) is 0 Å². The van der Waals surface area contributed by atoms with Gasteiger partial charge in [-0.05, 0) is 61.6 Å². The van der Waals surface area contributed by atoms with Gasteiger partial charge in [0.1, 0.15) is 5.75 Å².